The normalized spacial score (nSPS) is 10.0. The first-order chi connectivity index (χ1) is 21.5. The fourth-order valence-corrected chi connectivity index (χ4v) is 2.74. The molecule has 1 aromatic carbocycles. The molecule has 0 aliphatic carbocycles. The van der Waals surface area contributed by atoms with Gasteiger partial charge in [0.25, 0.3) is 0 Å². The van der Waals surface area contributed by atoms with Gasteiger partial charge in [0, 0.05) is 22.8 Å². The number of ether oxygens (including phenoxy) is 4. The Kier molecular flexibility index (Phi) is 29.6. The van der Waals surface area contributed by atoms with E-state index in [1.165, 1.54) is 30.0 Å². The molecule has 0 saturated heterocycles. The Hall–Kier alpha value is -4.20. The Bertz CT molecular complexity index is 1070. The molecule has 0 bridgehead atoms. The van der Waals surface area contributed by atoms with Crippen molar-refractivity contribution in [2.24, 2.45) is 11.8 Å². The minimum Gasteiger partial charge on any atom is -0.462 e. The number of hydrogen-bond acceptors (Lipinski definition) is 8. The quantitative estimate of drug-likeness (QED) is 0.0764. The summed E-state index contributed by atoms with van der Waals surface area (Å²) in [7, 11) is 0. The van der Waals surface area contributed by atoms with Crippen LogP contribution in [-0.2, 0) is 38.1 Å². The second kappa shape index (κ2) is 29.5. The summed E-state index contributed by atoms with van der Waals surface area (Å²) in [6.07, 6.45) is 7.70. The lowest BCUT2D eigenvalue weighted by Gasteiger charge is -2.13. The average molecular weight is 643 g/mol. The Morgan fingerprint density at radius 1 is 0.739 bits per heavy atom. The molecule has 0 aliphatic rings. The largest absolute Gasteiger partial charge is 0.462 e. The zero-order chi connectivity index (χ0) is 36.1. The molecular formula is C38H58O8. The topological polar surface area (TPSA) is 105 Å². The first-order valence-electron chi connectivity index (χ1n) is 15.5. The van der Waals surface area contributed by atoms with Crippen LogP contribution in [0.4, 0.5) is 0 Å². The number of hydrogen-bond donors (Lipinski definition) is 0. The summed E-state index contributed by atoms with van der Waals surface area (Å²) in [5.74, 6) is -0.677. The van der Waals surface area contributed by atoms with E-state index in [0.717, 1.165) is 12.8 Å². The van der Waals surface area contributed by atoms with Crippen molar-refractivity contribution in [3.63, 3.8) is 0 Å². The zero-order valence-electron chi connectivity index (χ0n) is 29.6. The number of rotatable bonds is 16. The van der Waals surface area contributed by atoms with Crippen LogP contribution in [0.3, 0.4) is 0 Å². The molecule has 0 spiro atoms. The first kappa shape index (κ1) is 46.2. The zero-order valence-corrected chi connectivity index (χ0v) is 29.6. The third-order valence-electron chi connectivity index (χ3n) is 5.63. The molecule has 1 rings (SSSR count). The van der Waals surface area contributed by atoms with Gasteiger partial charge in [-0.1, -0.05) is 116 Å². The molecule has 8 nitrogen and oxygen atoms in total. The maximum Gasteiger partial charge on any atom is 0.333 e. The summed E-state index contributed by atoms with van der Waals surface area (Å²) in [4.78, 5) is 43.2. The van der Waals surface area contributed by atoms with Gasteiger partial charge >= 0.3 is 23.9 Å². The molecule has 8 heteroatoms. The lowest BCUT2D eigenvalue weighted by molar-refractivity contribution is -0.147. The minimum atomic E-state index is -0.489. The number of carbonyl (C=O) groups excluding carboxylic acids is 4. The van der Waals surface area contributed by atoms with Crippen molar-refractivity contribution >= 4 is 30.0 Å². The van der Waals surface area contributed by atoms with Crippen molar-refractivity contribution in [1.82, 2.24) is 0 Å². The maximum atomic E-state index is 10.8. The third-order valence-corrected chi connectivity index (χ3v) is 5.63. The highest BCUT2D eigenvalue weighted by molar-refractivity contribution is 5.88. The van der Waals surface area contributed by atoms with E-state index < -0.39 is 11.9 Å². The summed E-state index contributed by atoms with van der Waals surface area (Å²) in [5.41, 5.74) is 3.56. The monoisotopic (exact) mass is 642 g/mol. The summed E-state index contributed by atoms with van der Waals surface area (Å²) >= 11 is 0. The molecule has 1 atom stereocenters. The fourth-order valence-electron chi connectivity index (χ4n) is 2.74. The van der Waals surface area contributed by atoms with Crippen molar-refractivity contribution in [3.05, 3.63) is 91.1 Å². The minimum absolute atomic E-state index is 0.0325. The van der Waals surface area contributed by atoms with Gasteiger partial charge in [-0.3, -0.25) is 0 Å². The SMILES string of the molecule is C=C(C)C(=O)OCC(C)C.C=C(C)C(=O)OCCOC(=O)C(=C)C.C=CC(=O)OCC(CC)CCCC.C=Cc1ccc(C)cc1. The molecule has 46 heavy (non-hydrogen) atoms. The third kappa shape index (κ3) is 29.9. The van der Waals surface area contributed by atoms with Crippen molar-refractivity contribution in [2.75, 3.05) is 26.4 Å². The molecule has 0 fully saturated rings. The van der Waals surface area contributed by atoms with Gasteiger partial charge in [-0.25, -0.2) is 19.2 Å². The summed E-state index contributed by atoms with van der Waals surface area (Å²) in [6.45, 7) is 33.4. The number of esters is 4. The molecule has 0 amide bonds. The molecule has 0 saturated carbocycles. The van der Waals surface area contributed by atoms with Crippen LogP contribution in [0.15, 0.2) is 80.0 Å². The molecule has 1 aromatic rings. The Balaban J connectivity index is -0.000000543. The van der Waals surface area contributed by atoms with Crippen molar-refractivity contribution in [1.29, 1.82) is 0 Å². The summed E-state index contributed by atoms with van der Waals surface area (Å²) in [5, 5.41) is 0. The molecule has 1 unspecified atom stereocenters. The van der Waals surface area contributed by atoms with Gasteiger partial charge in [-0.05, 0) is 51.5 Å². The highest BCUT2D eigenvalue weighted by atomic mass is 16.6. The van der Waals surface area contributed by atoms with Gasteiger partial charge in [-0.15, -0.1) is 0 Å². The van der Waals surface area contributed by atoms with Crippen molar-refractivity contribution in [3.8, 4) is 0 Å². The smallest absolute Gasteiger partial charge is 0.333 e. The van der Waals surface area contributed by atoms with E-state index in [1.807, 2.05) is 19.9 Å². The van der Waals surface area contributed by atoms with Crippen LogP contribution in [0, 0.1) is 18.8 Å². The molecule has 0 radical (unpaired) electrons. The molecule has 0 aliphatic heterocycles. The van der Waals surface area contributed by atoms with E-state index in [2.05, 4.69) is 87.4 Å². The predicted octanol–water partition coefficient (Wildman–Crippen LogP) is 8.56. The standard InChI is InChI=1S/C11H20O2.C10H14O4.C9H10.C8H14O2/c1-4-7-8-10(5-2)9-13-11(12)6-3;1-7(2)9(11)13-5-6-14-10(12)8(3)4;1-3-9-6-4-8(2)5-7-9;1-6(2)5-10-8(9)7(3)4/h6,10H,3-5,7-9H2,1-2H3;1,3,5-6H2,2,4H3;3-7H,1H2,2H3;6H,3,5H2,1-2,4H3. The average Bonchev–Trinajstić information content (AvgIpc) is 3.02. The van der Waals surface area contributed by atoms with Crippen LogP contribution in [0.1, 0.15) is 85.3 Å². The molecule has 258 valence electrons. The molecular weight excluding hydrogens is 584 g/mol. The summed E-state index contributed by atoms with van der Waals surface area (Å²) < 4.78 is 19.2. The highest BCUT2D eigenvalue weighted by Gasteiger charge is 2.08. The maximum absolute atomic E-state index is 10.8. The molecule has 0 heterocycles. The first-order valence-corrected chi connectivity index (χ1v) is 15.5. The highest BCUT2D eigenvalue weighted by Crippen LogP contribution is 2.12. The van der Waals surface area contributed by atoms with Crippen molar-refractivity contribution in [2.45, 2.75) is 81.1 Å². The van der Waals surface area contributed by atoms with E-state index in [0.29, 0.717) is 41.8 Å². The summed E-state index contributed by atoms with van der Waals surface area (Å²) in [6, 6.07) is 8.28. The van der Waals surface area contributed by atoms with E-state index >= 15 is 0 Å². The van der Waals surface area contributed by atoms with Crippen LogP contribution in [0.2, 0.25) is 0 Å². The Labute approximate surface area is 278 Å². The van der Waals surface area contributed by atoms with Crippen molar-refractivity contribution < 1.29 is 38.1 Å². The number of carbonyl (C=O) groups is 4. The van der Waals surface area contributed by atoms with E-state index in [9.17, 15) is 19.2 Å². The van der Waals surface area contributed by atoms with E-state index in [1.54, 1.807) is 20.8 Å². The van der Waals surface area contributed by atoms with Crippen LogP contribution in [0.25, 0.3) is 6.08 Å². The fraction of sp³-hybridized carbons (Fsp3) is 0.474. The van der Waals surface area contributed by atoms with Gasteiger partial charge in [0.15, 0.2) is 0 Å². The Morgan fingerprint density at radius 2 is 1.20 bits per heavy atom. The van der Waals surface area contributed by atoms with Crippen LogP contribution in [-0.4, -0.2) is 50.3 Å². The Morgan fingerprint density at radius 3 is 1.54 bits per heavy atom. The van der Waals surface area contributed by atoms with E-state index in [4.69, 9.17) is 9.47 Å². The lowest BCUT2D eigenvalue weighted by Crippen LogP contribution is -2.14. The van der Waals surface area contributed by atoms with Gasteiger partial charge in [0.05, 0.1) is 13.2 Å². The second-order valence-electron chi connectivity index (χ2n) is 11.0. The van der Waals surface area contributed by atoms with Gasteiger partial charge in [-0.2, -0.15) is 0 Å². The lowest BCUT2D eigenvalue weighted by atomic mass is 10.0. The second-order valence-corrected chi connectivity index (χ2v) is 11.0. The number of aryl methyl sites for hydroxylation is 1. The van der Waals surface area contributed by atoms with Gasteiger partial charge in [0.2, 0.25) is 0 Å². The number of benzene rings is 1. The predicted molar refractivity (Wildman–Crippen MR) is 188 cm³/mol. The number of unbranched alkanes of at least 4 members (excludes halogenated alkanes) is 1. The van der Waals surface area contributed by atoms with Gasteiger partial charge < -0.3 is 18.9 Å². The van der Waals surface area contributed by atoms with Crippen LogP contribution >= 0.6 is 0 Å². The van der Waals surface area contributed by atoms with Crippen LogP contribution in [0.5, 0.6) is 0 Å². The van der Waals surface area contributed by atoms with Crippen LogP contribution < -0.4 is 0 Å². The molecule has 0 aromatic heterocycles. The van der Waals surface area contributed by atoms with Gasteiger partial charge in [0.1, 0.15) is 13.2 Å². The van der Waals surface area contributed by atoms with E-state index in [-0.39, 0.29) is 25.2 Å². The molecule has 0 N–H and O–H groups in total.